The summed E-state index contributed by atoms with van der Waals surface area (Å²) in [5.74, 6) is 1.05. The number of aryl methyl sites for hydroxylation is 4. The Kier molecular flexibility index (Phi) is 3.74. The van der Waals surface area contributed by atoms with Gasteiger partial charge in [-0.25, -0.2) is 0 Å². The highest BCUT2D eigenvalue weighted by Gasteiger charge is 2.17. The fourth-order valence-electron chi connectivity index (χ4n) is 1.99. The molecule has 106 valence electrons. The maximum absolute atomic E-state index is 12.2. The van der Waals surface area contributed by atoms with Gasteiger partial charge in [0.1, 0.15) is 11.5 Å². The monoisotopic (exact) mass is 275 g/mol. The lowest BCUT2D eigenvalue weighted by molar-refractivity contribution is 0.102. The van der Waals surface area contributed by atoms with Crippen molar-refractivity contribution in [3.8, 4) is 6.01 Å². The summed E-state index contributed by atoms with van der Waals surface area (Å²) in [6.07, 6.45) is 0. The van der Waals surface area contributed by atoms with Gasteiger partial charge in [0.05, 0.1) is 29.7 Å². The SMILES string of the molecule is COc1nc(C)c(NC(=O)c2cc(C)oc2C)c(C)n1. The van der Waals surface area contributed by atoms with Crippen LogP contribution in [0, 0.1) is 27.7 Å². The quantitative estimate of drug-likeness (QED) is 0.931. The first-order valence-corrected chi connectivity index (χ1v) is 6.20. The van der Waals surface area contributed by atoms with Crippen molar-refractivity contribution < 1.29 is 13.9 Å². The molecule has 2 aromatic rings. The molecule has 2 heterocycles. The Hall–Kier alpha value is -2.37. The van der Waals surface area contributed by atoms with E-state index in [0.29, 0.717) is 34.2 Å². The van der Waals surface area contributed by atoms with Crippen molar-refractivity contribution in [2.24, 2.45) is 0 Å². The summed E-state index contributed by atoms with van der Waals surface area (Å²) in [4.78, 5) is 20.6. The van der Waals surface area contributed by atoms with Crippen LogP contribution in [0.25, 0.3) is 0 Å². The number of anilines is 1. The molecule has 1 amide bonds. The second-order valence-electron chi connectivity index (χ2n) is 4.54. The number of furan rings is 1. The molecule has 0 saturated carbocycles. The highest BCUT2D eigenvalue weighted by atomic mass is 16.5. The molecule has 0 unspecified atom stereocenters. The normalized spacial score (nSPS) is 10.4. The molecular formula is C14H17N3O3. The average Bonchev–Trinajstić information content (AvgIpc) is 2.72. The van der Waals surface area contributed by atoms with Crippen LogP contribution in [0.4, 0.5) is 5.69 Å². The van der Waals surface area contributed by atoms with E-state index in [0.717, 1.165) is 0 Å². The van der Waals surface area contributed by atoms with Crippen molar-refractivity contribution in [3.63, 3.8) is 0 Å². The first-order chi connectivity index (χ1) is 9.42. The smallest absolute Gasteiger partial charge is 0.316 e. The van der Waals surface area contributed by atoms with E-state index in [9.17, 15) is 4.79 Å². The minimum atomic E-state index is -0.237. The zero-order valence-corrected chi connectivity index (χ0v) is 12.2. The standard InChI is InChI=1S/C14H17N3O3/c1-7-6-11(10(4)20-7)13(18)17-12-8(2)15-14(19-5)16-9(12)3/h6H,1-5H3,(H,17,18). The van der Waals surface area contributed by atoms with Crippen LogP contribution in [0.5, 0.6) is 6.01 Å². The lowest BCUT2D eigenvalue weighted by atomic mass is 10.2. The molecule has 0 aliphatic rings. The molecule has 0 radical (unpaired) electrons. The Bertz CT molecular complexity index is 639. The predicted octanol–water partition coefficient (Wildman–Crippen LogP) is 2.56. The third-order valence-electron chi connectivity index (χ3n) is 2.96. The van der Waals surface area contributed by atoms with E-state index >= 15 is 0 Å². The Morgan fingerprint density at radius 2 is 1.80 bits per heavy atom. The van der Waals surface area contributed by atoms with Crippen LogP contribution in [0.2, 0.25) is 0 Å². The number of rotatable bonds is 3. The van der Waals surface area contributed by atoms with Gasteiger partial charge in [-0.1, -0.05) is 0 Å². The topological polar surface area (TPSA) is 77.2 Å². The van der Waals surface area contributed by atoms with Crippen LogP contribution in [0.1, 0.15) is 33.3 Å². The lowest BCUT2D eigenvalue weighted by Gasteiger charge is -2.11. The summed E-state index contributed by atoms with van der Waals surface area (Å²) in [6, 6.07) is 1.99. The Labute approximate surface area is 117 Å². The van der Waals surface area contributed by atoms with Crippen molar-refractivity contribution in [3.05, 3.63) is 34.5 Å². The molecule has 6 heteroatoms. The third kappa shape index (κ3) is 2.64. The number of methoxy groups -OCH3 is 1. The van der Waals surface area contributed by atoms with Crippen LogP contribution in [0.3, 0.4) is 0 Å². The summed E-state index contributed by atoms with van der Waals surface area (Å²) in [6.45, 7) is 7.14. The average molecular weight is 275 g/mol. The van der Waals surface area contributed by atoms with E-state index < -0.39 is 0 Å². The van der Waals surface area contributed by atoms with Gasteiger partial charge in [0.25, 0.3) is 5.91 Å². The summed E-state index contributed by atoms with van der Waals surface area (Å²) < 4.78 is 10.4. The first kappa shape index (κ1) is 14.0. The number of aromatic nitrogens is 2. The van der Waals surface area contributed by atoms with E-state index in [1.54, 1.807) is 33.8 Å². The molecule has 6 nitrogen and oxygen atoms in total. The van der Waals surface area contributed by atoms with Gasteiger partial charge in [0, 0.05) is 0 Å². The largest absolute Gasteiger partial charge is 0.467 e. The maximum atomic E-state index is 12.2. The molecule has 0 bridgehead atoms. The number of carbonyl (C=O) groups excluding carboxylic acids is 1. The minimum Gasteiger partial charge on any atom is -0.467 e. The van der Waals surface area contributed by atoms with E-state index in [4.69, 9.17) is 9.15 Å². The van der Waals surface area contributed by atoms with Gasteiger partial charge in [-0.05, 0) is 33.8 Å². The number of nitrogens with zero attached hydrogens (tertiary/aromatic N) is 2. The Balaban J connectivity index is 2.31. The number of hydrogen-bond acceptors (Lipinski definition) is 5. The van der Waals surface area contributed by atoms with Crippen LogP contribution in [-0.4, -0.2) is 23.0 Å². The Morgan fingerprint density at radius 1 is 1.20 bits per heavy atom. The van der Waals surface area contributed by atoms with Gasteiger partial charge >= 0.3 is 6.01 Å². The van der Waals surface area contributed by atoms with Crippen LogP contribution < -0.4 is 10.1 Å². The van der Waals surface area contributed by atoms with E-state index in [1.807, 2.05) is 0 Å². The van der Waals surface area contributed by atoms with Gasteiger partial charge in [-0.3, -0.25) is 4.79 Å². The molecule has 0 aliphatic carbocycles. The lowest BCUT2D eigenvalue weighted by Crippen LogP contribution is -2.15. The zero-order valence-electron chi connectivity index (χ0n) is 12.2. The van der Waals surface area contributed by atoms with Crippen LogP contribution in [-0.2, 0) is 0 Å². The molecule has 0 spiro atoms. The molecule has 0 aliphatic heterocycles. The highest BCUT2D eigenvalue weighted by Crippen LogP contribution is 2.21. The van der Waals surface area contributed by atoms with Gasteiger partial charge in [0.2, 0.25) is 0 Å². The fraction of sp³-hybridized carbons (Fsp3) is 0.357. The molecule has 2 rings (SSSR count). The molecule has 20 heavy (non-hydrogen) atoms. The second-order valence-corrected chi connectivity index (χ2v) is 4.54. The van der Waals surface area contributed by atoms with Crippen LogP contribution in [0.15, 0.2) is 10.5 Å². The van der Waals surface area contributed by atoms with Crippen molar-refractivity contribution in [1.82, 2.24) is 9.97 Å². The highest BCUT2D eigenvalue weighted by molar-refractivity contribution is 6.05. The van der Waals surface area contributed by atoms with Crippen LogP contribution >= 0.6 is 0 Å². The molecule has 0 aromatic carbocycles. The number of nitrogens with one attached hydrogen (secondary N) is 1. The van der Waals surface area contributed by atoms with Crippen molar-refractivity contribution in [2.75, 3.05) is 12.4 Å². The molecule has 0 atom stereocenters. The van der Waals surface area contributed by atoms with E-state index in [-0.39, 0.29) is 11.9 Å². The fourth-order valence-corrected chi connectivity index (χ4v) is 1.99. The minimum absolute atomic E-state index is 0.237. The number of carbonyl (C=O) groups is 1. The van der Waals surface area contributed by atoms with Crippen molar-refractivity contribution in [1.29, 1.82) is 0 Å². The molecule has 2 aromatic heterocycles. The maximum Gasteiger partial charge on any atom is 0.316 e. The first-order valence-electron chi connectivity index (χ1n) is 6.20. The third-order valence-corrected chi connectivity index (χ3v) is 2.96. The summed E-state index contributed by atoms with van der Waals surface area (Å²) >= 11 is 0. The van der Waals surface area contributed by atoms with Crippen molar-refractivity contribution in [2.45, 2.75) is 27.7 Å². The molecular weight excluding hydrogens is 258 g/mol. The number of hydrogen-bond donors (Lipinski definition) is 1. The molecule has 1 N–H and O–H groups in total. The summed E-state index contributed by atoms with van der Waals surface area (Å²) in [5.41, 5.74) is 2.41. The van der Waals surface area contributed by atoms with Gasteiger partial charge < -0.3 is 14.5 Å². The van der Waals surface area contributed by atoms with Crippen molar-refractivity contribution >= 4 is 11.6 Å². The molecule has 0 fully saturated rings. The van der Waals surface area contributed by atoms with Gasteiger partial charge in [0.15, 0.2) is 0 Å². The van der Waals surface area contributed by atoms with E-state index in [2.05, 4.69) is 15.3 Å². The van der Waals surface area contributed by atoms with Gasteiger partial charge in [-0.15, -0.1) is 0 Å². The summed E-state index contributed by atoms with van der Waals surface area (Å²) in [7, 11) is 1.50. The second kappa shape index (κ2) is 5.32. The molecule has 0 saturated heterocycles. The van der Waals surface area contributed by atoms with E-state index in [1.165, 1.54) is 7.11 Å². The van der Waals surface area contributed by atoms with Gasteiger partial charge in [-0.2, -0.15) is 9.97 Å². The zero-order chi connectivity index (χ0) is 14.9. The Morgan fingerprint density at radius 3 is 2.25 bits per heavy atom. The summed E-state index contributed by atoms with van der Waals surface area (Å²) in [5, 5.41) is 2.82. The number of amides is 1. The number of ether oxygens (including phenoxy) is 1. The predicted molar refractivity (Wildman–Crippen MR) is 74.2 cm³/mol.